The predicted molar refractivity (Wildman–Crippen MR) is 84.9 cm³/mol. The van der Waals surface area contributed by atoms with Crippen LogP contribution in [0.4, 0.5) is 19.0 Å². The van der Waals surface area contributed by atoms with Gasteiger partial charge in [0.05, 0.1) is 0 Å². The number of aryl methyl sites for hydroxylation is 1. The zero-order chi connectivity index (χ0) is 17.3. The number of hydrogen-bond acceptors (Lipinski definition) is 2. The topological polar surface area (TPSA) is 38.1 Å². The largest absolute Gasteiger partial charge is 0.406 e. The first-order valence-electron chi connectivity index (χ1n) is 7.21. The van der Waals surface area contributed by atoms with Gasteiger partial charge in [0.15, 0.2) is 0 Å². The number of amides is 1. The van der Waals surface area contributed by atoms with E-state index in [0.29, 0.717) is 4.90 Å². The molecule has 0 atom stereocenters. The summed E-state index contributed by atoms with van der Waals surface area (Å²) in [6.07, 6.45) is -3.18. The van der Waals surface area contributed by atoms with E-state index >= 15 is 0 Å². The van der Waals surface area contributed by atoms with Crippen molar-refractivity contribution < 1.29 is 18.0 Å². The number of carbonyl (C=O) groups excluding carboxylic acids is 1. The molecular formula is C17H14F3N3O. The van der Waals surface area contributed by atoms with Gasteiger partial charge in [-0.05, 0) is 24.3 Å². The van der Waals surface area contributed by atoms with Gasteiger partial charge in [-0.1, -0.05) is 24.3 Å². The number of pyridine rings is 1. The van der Waals surface area contributed by atoms with Gasteiger partial charge in [-0.2, -0.15) is 13.2 Å². The fraction of sp³-hybridized carbons (Fsp3) is 0.176. The normalized spacial score (nSPS) is 11.7. The number of anilines is 1. The first-order chi connectivity index (χ1) is 11.4. The van der Waals surface area contributed by atoms with Crippen LogP contribution in [-0.4, -0.2) is 28.2 Å². The van der Waals surface area contributed by atoms with Crippen LogP contribution in [0.15, 0.2) is 54.7 Å². The summed E-state index contributed by atoms with van der Waals surface area (Å²) in [5, 5.41) is 0.788. The lowest BCUT2D eigenvalue weighted by Crippen LogP contribution is -2.40. The monoisotopic (exact) mass is 333 g/mol. The van der Waals surface area contributed by atoms with Crippen molar-refractivity contribution in [2.45, 2.75) is 6.18 Å². The molecule has 0 aliphatic heterocycles. The molecule has 3 rings (SSSR count). The molecule has 0 spiro atoms. The molecule has 0 saturated heterocycles. The zero-order valence-corrected chi connectivity index (χ0v) is 12.8. The molecule has 24 heavy (non-hydrogen) atoms. The fourth-order valence-electron chi connectivity index (χ4n) is 2.58. The van der Waals surface area contributed by atoms with E-state index in [1.165, 1.54) is 12.3 Å². The lowest BCUT2D eigenvalue weighted by Gasteiger charge is -2.23. The Morgan fingerprint density at radius 2 is 1.88 bits per heavy atom. The van der Waals surface area contributed by atoms with Gasteiger partial charge in [-0.15, -0.1) is 0 Å². The van der Waals surface area contributed by atoms with Crippen molar-refractivity contribution in [3.63, 3.8) is 0 Å². The minimum Gasteiger partial charge on any atom is -0.340 e. The highest BCUT2D eigenvalue weighted by atomic mass is 19.4. The van der Waals surface area contributed by atoms with Crippen molar-refractivity contribution in [1.82, 2.24) is 9.55 Å². The van der Waals surface area contributed by atoms with Crippen LogP contribution in [0.5, 0.6) is 0 Å². The molecule has 0 saturated carbocycles. The van der Waals surface area contributed by atoms with E-state index < -0.39 is 18.6 Å². The van der Waals surface area contributed by atoms with Gasteiger partial charge in [0, 0.05) is 24.1 Å². The summed E-state index contributed by atoms with van der Waals surface area (Å²) in [6.45, 7) is -1.40. The van der Waals surface area contributed by atoms with Crippen LogP contribution in [0.25, 0.3) is 10.9 Å². The summed E-state index contributed by atoms with van der Waals surface area (Å²) in [5.41, 5.74) is 0.944. The molecule has 0 unspecified atom stereocenters. The molecule has 2 aromatic heterocycles. The van der Waals surface area contributed by atoms with Crippen molar-refractivity contribution in [2.24, 2.45) is 7.05 Å². The van der Waals surface area contributed by atoms with Crippen molar-refractivity contribution in [3.8, 4) is 0 Å². The standard InChI is InChI=1S/C17H14F3N3O/c1-22-13-7-3-2-6-12(13)10-14(22)16(24)23(11-17(18,19)20)15-8-4-5-9-21-15/h2-10H,11H2,1H3. The van der Waals surface area contributed by atoms with Gasteiger partial charge < -0.3 is 4.57 Å². The van der Waals surface area contributed by atoms with Crippen LogP contribution >= 0.6 is 0 Å². The third kappa shape index (κ3) is 3.10. The maximum atomic E-state index is 12.9. The summed E-state index contributed by atoms with van der Waals surface area (Å²) < 4.78 is 40.4. The molecule has 0 aliphatic rings. The number of hydrogen-bond donors (Lipinski definition) is 0. The van der Waals surface area contributed by atoms with E-state index in [1.807, 2.05) is 12.1 Å². The van der Waals surface area contributed by atoms with Gasteiger partial charge in [0.1, 0.15) is 18.1 Å². The third-order valence-corrected chi connectivity index (χ3v) is 3.68. The van der Waals surface area contributed by atoms with Crippen LogP contribution < -0.4 is 4.90 Å². The number of alkyl halides is 3. The van der Waals surface area contributed by atoms with Crippen LogP contribution in [0, 0.1) is 0 Å². The van der Waals surface area contributed by atoms with E-state index in [0.717, 1.165) is 10.9 Å². The zero-order valence-electron chi connectivity index (χ0n) is 12.8. The number of rotatable bonds is 3. The molecule has 0 radical (unpaired) electrons. The fourth-order valence-corrected chi connectivity index (χ4v) is 2.58. The Morgan fingerprint density at radius 1 is 1.17 bits per heavy atom. The van der Waals surface area contributed by atoms with Crippen LogP contribution in [-0.2, 0) is 7.05 Å². The molecule has 0 aliphatic carbocycles. The Morgan fingerprint density at radius 3 is 2.50 bits per heavy atom. The van der Waals surface area contributed by atoms with Crippen molar-refractivity contribution in [3.05, 3.63) is 60.4 Å². The van der Waals surface area contributed by atoms with Crippen molar-refractivity contribution in [2.75, 3.05) is 11.4 Å². The SMILES string of the molecule is Cn1c(C(=O)N(CC(F)(F)F)c2ccccn2)cc2ccccc21. The Hall–Kier alpha value is -2.83. The van der Waals surface area contributed by atoms with Gasteiger partial charge in [0.2, 0.25) is 0 Å². The molecular weight excluding hydrogens is 319 g/mol. The van der Waals surface area contributed by atoms with Crippen molar-refractivity contribution >= 4 is 22.6 Å². The molecule has 124 valence electrons. The Bertz CT molecular complexity index is 872. The van der Waals surface area contributed by atoms with Crippen LogP contribution in [0.2, 0.25) is 0 Å². The molecule has 0 fully saturated rings. The Labute approximate surface area is 136 Å². The summed E-state index contributed by atoms with van der Waals surface area (Å²) in [4.78, 5) is 17.3. The second-order valence-corrected chi connectivity index (χ2v) is 5.34. The van der Waals surface area contributed by atoms with E-state index in [4.69, 9.17) is 0 Å². The lowest BCUT2D eigenvalue weighted by molar-refractivity contribution is -0.118. The summed E-state index contributed by atoms with van der Waals surface area (Å²) in [5.74, 6) is -0.783. The predicted octanol–water partition coefficient (Wildman–Crippen LogP) is 3.78. The van der Waals surface area contributed by atoms with Gasteiger partial charge in [0.25, 0.3) is 5.91 Å². The Kier molecular flexibility index (Phi) is 4.01. The molecule has 4 nitrogen and oxygen atoms in total. The van der Waals surface area contributed by atoms with Crippen LogP contribution in [0.1, 0.15) is 10.5 Å². The second-order valence-electron chi connectivity index (χ2n) is 5.34. The quantitative estimate of drug-likeness (QED) is 0.731. The Balaban J connectivity index is 2.06. The van der Waals surface area contributed by atoms with E-state index in [-0.39, 0.29) is 11.5 Å². The first-order valence-corrected chi connectivity index (χ1v) is 7.21. The highest BCUT2D eigenvalue weighted by Gasteiger charge is 2.35. The van der Waals surface area contributed by atoms with Gasteiger partial charge in [-0.3, -0.25) is 9.69 Å². The molecule has 0 N–H and O–H groups in total. The second kappa shape index (κ2) is 5.99. The minimum atomic E-state index is -4.53. The first kappa shape index (κ1) is 16.0. The minimum absolute atomic E-state index is 0.0370. The lowest BCUT2D eigenvalue weighted by atomic mass is 10.2. The average Bonchev–Trinajstić information content (AvgIpc) is 2.89. The highest BCUT2D eigenvalue weighted by molar-refractivity contribution is 6.07. The van der Waals surface area contributed by atoms with Gasteiger partial charge >= 0.3 is 6.18 Å². The summed E-state index contributed by atoms with van der Waals surface area (Å²) in [6, 6.07) is 13.3. The third-order valence-electron chi connectivity index (χ3n) is 3.68. The summed E-state index contributed by atoms with van der Waals surface area (Å²) >= 11 is 0. The molecule has 3 aromatic rings. The average molecular weight is 333 g/mol. The number of nitrogens with zero attached hydrogens (tertiary/aromatic N) is 3. The summed E-state index contributed by atoms with van der Waals surface area (Å²) in [7, 11) is 1.65. The molecule has 2 heterocycles. The number of para-hydroxylation sites is 1. The number of fused-ring (bicyclic) bond motifs is 1. The number of benzene rings is 1. The van der Waals surface area contributed by atoms with Gasteiger partial charge in [-0.25, -0.2) is 4.98 Å². The van der Waals surface area contributed by atoms with E-state index in [2.05, 4.69) is 4.98 Å². The maximum Gasteiger partial charge on any atom is 0.406 e. The molecule has 1 aromatic carbocycles. The van der Waals surface area contributed by atoms with E-state index in [1.54, 1.807) is 41.9 Å². The highest BCUT2D eigenvalue weighted by Crippen LogP contribution is 2.25. The maximum absolute atomic E-state index is 12.9. The number of halogens is 3. The number of aromatic nitrogens is 2. The molecule has 1 amide bonds. The number of carbonyl (C=O) groups is 1. The van der Waals surface area contributed by atoms with Crippen molar-refractivity contribution in [1.29, 1.82) is 0 Å². The molecule has 0 bridgehead atoms. The van der Waals surface area contributed by atoms with Crippen LogP contribution in [0.3, 0.4) is 0 Å². The smallest absolute Gasteiger partial charge is 0.340 e. The van der Waals surface area contributed by atoms with E-state index in [9.17, 15) is 18.0 Å². The molecule has 7 heteroatoms.